The Morgan fingerprint density at radius 1 is 1.29 bits per heavy atom. The molecular weight excluding hydrogens is 336 g/mol. The Balaban J connectivity index is 2.44. The fourth-order valence-electron chi connectivity index (χ4n) is 2.16. The molecule has 2 aromatic rings. The van der Waals surface area contributed by atoms with Gasteiger partial charge in [-0.25, -0.2) is 9.78 Å². The minimum absolute atomic E-state index is 0.0671. The van der Waals surface area contributed by atoms with Crippen molar-refractivity contribution in [3.05, 3.63) is 20.8 Å². The van der Waals surface area contributed by atoms with E-state index in [1.54, 1.807) is 11.5 Å². The van der Waals surface area contributed by atoms with E-state index < -0.39 is 11.2 Å². The maximum absolute atomic E-state index is 12.2. The Labute approximate surface area is 142 Å². The molecule has 2 aromatic heterocycles. The molecule has 0 radical (unpaired) electrons. The van der Waals surface area contributed by atoms with Crippen molar-refractivity contribution in [3.8, 4) is 0 Å². The summed E-state index contributed by atoms with van der Waals surface area (Å²) in [4.78, 5) is 42.1. The van der Waals surface area contributed by atoms with Crippen LogP contribution in [0.5, 0.6) is 0 Å². The Hall–Kier alpha value is -2.07. The third kappa shape index (κ3) is 3.88. The molecule has 0 bridgehead atoms. The molecule has 0 unspecified atom stereocenters. The number of esters is 1. The molecule has 0 aliphatic carbocycles. The van der Waals surface area contributed by atoms with Gasteiger partial charge in [-0.2, -0.15) is 0 Å². The van der Waals surface area contributed by atoms with Gasteiger partial charge in [0.25, 0.3) is 5.56 Å². The fraction of sp³-hybridized carbons (Fsp3) is 0.571. The second-order valence-corrected chi connectivity index (χ2v) is 5.77. The average Bonchev–Trinajstić information content (AvgIpc) is 2.91. The van der Waals surface area contributed by atoms with Crippen LogP contribution in [0.15, 0.2) is 14.7 Å². The molecule has 9 nitrogen and oxygen atoms in total. The SMILES string of the molecule is CCOCCn1c(SCC(=O)OCC)nc2c1c(=O)[nH]c(=O)n2C. The summed E-state index contributed by atoms with van der Waals surface area (Å²) < 4.78 is 13.2. The summed E-state index contributed by atoms with van der Waals surface area (Å²) in [6.45, 7) is 5.23. The molecule has 0 atom stereocenters. The Bertz CT molecular complexity index is 838. The van der Waals surface area contributed by atoms with E-state index in [4.69, 9.17) is 9.47 Å². The van der Waals surface area contributed by atoms with Gasteiger partial charge in [0.2, 0.25) is 0 Å². The van der Waals surface area contributed by atoms with Crippen LogP contribution in [0.25, 0.3) is 11.2 Å². The van der Waals surface area contributed by atoms with E-state index in [1.807, 2.05) is 6.92 Å². The number of aromatic nitrogens is 4. The van der Waals surface area contributed by atoms with E-state index >= 15 is 0 Å². The molecule has 2 heterocycles. The van der Waals surface area contributed by atoms with Gasteiger partial charge in [-0.15, -0.1) is 0 Å². The summed E-state index contributed by atoms with van der Waals surface area (Å²) >= 11 is 1.16. The van der Waals surface area contributed by atoms with Crippen LogP contribution in [0.4, 0.5) is 0 Å². The fourth-order valence-corrected chi connectivity index (χ4v) is 2.98. The van der Waals surface area contributed by atoms with Gasteiger partial charge in [0, 0.05) is 20.2 Å². The molecule has 2 rings (SSSR count). The highest BCUT2D eigenvalue weighted by Gasteiger charge is 2.18. The van der Waals surface area contributed by atoms with Gasteiger partial charge in [-0.1, -0.05) is 11.8 Å². The zero-order chi connectivity index (χ0) is 17.7. The van der Waals surface area contributed by atoms with E-state index in [2.05, 4.69) is 9.97 Å². The lowest BCUT2D eigenvalue weighted by molar-refractivity contribution is -0.139. The Kier molecular flexibility index (Phi) is 6.21. The van der Waals surface area contributed by atoms with E-state index in [0.29, 0.717) is 31.5 Å². The van der Waals surface area contributed by atoms with Crippen LogP contribution in [-0.2, 0) is 27.9 Å². The van der Waals surface area contributed by atoms with Crippen molar-refractivity contribution in [2.45, 2.75) is 25.5 Å². The summed E-state index contributed by atoms with van der Waals surface area (Å²) in [5.74, 6) is -0.300. The molecule has 0 amide bonds. The van der Waals surface area contributed by atoms with E-state index in [1.165, 1.54) is 11.6 Å². The summed E-state index contributed by atoms with van der Waals surface area (Å²) in [6, 6.07) is 0. The third-order valence-electron chi connectivity index (χ3n) is 3.26. The lowest BCUT2D eigenvalue weighted by atomic mass is 10.5. The minimum atomic E-state index is -0.538. The van der Waals surface area contributed by atoms with Crippen LogP contribution >= 0.6 is 11.8 Å². The highest BCUT2D eigenvalue weighted by atomic mass is 32.2. The molecule has 0 aromatic carbocycles. The second kappa shape index (κ2) is 8.15. The number of imidazole rings is 1. The molecular formula is C14H20N4O5S. The normalized spacial score (nSPS) is 11.1. The Morgan fingerprint density at radius 2 is 2.04 bits per heavy atom. The van der Waals surface area contributed by atoms with Gasteiger partial charge < -0.3 is 14.0 Å². The van der Waals surface area contributed by atoms with Gasteiger partial charge in [0.1, 0.15) is 0 Å². The molecule has 0 saturated carbocycles. The van der Waals surface area contributed by atoms with Crippen molar-refractivity contribution >= 4 is 28.9 Å². The zero-order valence-electron chi connectivity index (χ0n) is 13.8. The monoisotopic (exact) mass is 356 g/mol. The summed E-state index contributed by atoms with van der Waals surface area (Å²) in [5.41, 5.74) is -0.501. The maximum atomic E-state index is 12.2. The number of thioether (sulfide) groups is 1. The van der Waals surface area contributed by atoms with Crippen LogP contribution in [0.2, 0.25) is 0 Å². The number of fused-ring (bicyclic) bond motifs is 1. The lowest BCUT2D eigenvalue weighted by Gasteiger charge is -2.08. The maximum Gasteiger partial charge on any atom is 0.329 e. The number of carbonyl (C=O) groups excluding carboxylic acids is 1. The number of aryl methyl sites for hydroxylation is 1. The molecule has 10 heteroatoms. The van der Waals surface area contributed by atoms with Crippen LogP contribution in [0.1, 0.15) is 13.8 Å². The summed E-state index contributed by atoms with van der Waals surface area (Å²) in [6.07, 6.45) is 0. The molecule has 24 heavy (non-hydrogen) atoms. The van der Waals surface area contributed by atoms with Crippen molar-refractivity contribution in [2.24, 2.45) is 7.05 Å². The smallest absolute Gasteiger partial charge is 0.329 e. The molecule has 0 spiro atoms. The molecule has 0 aliphatic heterocycles. The number of hydrogen-bond acceptors (Lipinski definition) is 7. The van der Waals surface area contributed by atoms with Crippen molar-refractivity contribution in [1.29, 1.82) is 0 Å². The molecule has 0 saturated heterocycles. The van der Waals surface area contributed by atoms with Crippen LogP contribution in [0.3, 0.4) is 0 Å². The quantitative estimate of drug-likeness (QED) is 0.406. The largest absolute Gasteiger partial charge is 0.465 e. The van der Waals surface area contributed by atoms with E-state index in [0.717, 1.165) is 11.8 Å². The number of ether oxygens (including phenoxy) is 2. The molecule has 1 N–H and O–H groups in total. The summed E-state index contributed by atoms with van der Waals surface area (Å²) in [5, 5.41) is 0.462. The molecule has 0 aliphatic rings. The predicted octanol–water partition coefficient (Wildman–Crippen LogP) is 0.115. The first-order chi connectivity index (χ1) is 11.5. The van der Waals surface area contributed by atoms with Crippen molar-refractivity contribution < 1.29 is 14.3 Å². The van der Waals surface area contributed by atoms with E-state index in [9.17, 15) is 14.4 Å². The van der Waals surface area contributed by atoms with Crippen LogP contribution in [0, 0.1) is 0 Å². The number of rotatable bonds is 8. The van der Waals surface area contributed by atoms with Gasteiger partial charge in [0.05, 0.1) is 19.0 Å². The zero-order valence-corrected chi connectivity index (χ0v) is 14.6. The van der Waals surface area contributed by atoms with Crippen molar-refractivity contribution in [1.82, 2.24) is 19.1 Å². The minimum Gasteiger partial charge on any atom is -0.465 e. The first kappa shape index (κ1) is 18.3. The first-order valence-corrected chi connectivity index (χ1v) is 8.53. The highest BCUT2D eigenvalue weighted by molar-refractivity contribution is 7.99. The number of hydrogen-bond donors (Lipinski definition) is 1. The average molecular weight is 356 g/mol. The Morgan fingerprint density at radius 3 is 2.71 bits per heavy atom. The number of aromatic amines is 1. The van der Waals surface area contributed by atoms with Gasteiger partial charge >= 0.3 is 11.7 Å². The van der Waals surface area contributed by atoms with Gasteiger partial charge in [-0.3, -0.25) is 19.1 Å². The van der Waals surface area contributed by atoms with Crippen molar-refractivity contribution in [2.75, 3.05) is 25.6 Å². The predicted molar refractivity (Wildman–Crippen MR) is 89.4 cm³/mol. The highest BCUT2D eigenvalue weighted by Crippen LogP contribution is 2.21. The third-order valence-corrected chi connectivity index (χ3v) is 4.21. The second-order valence-electron chi connectivity index (χ2n) is 4.83. The van der Waals surface area contributed by atoms with Crippen molar-refractivity contribution in [3.63, 3.8) is 0 Å². The van der Waals surface area contributed by atoms with Gasteiger partial charge in [-0.05, 0) is 13.8 Å². The first-order valence-electron chi connectivity index (χ1n) is 7.55. The molecule has 132 valence electrons. The standard InChI is InChI=1S/C14H20N4O5S/c1-4-22-7-6-18-10-11(17(3)13(21)16-12(10)20)15-14(18)24-8-9(19)23-5-2/h4-8H2,1-3H3,(H,16,20,21). The number of H-pyrrole nitrogens is 1. The van der Waals surface area contributed by atoms with Crippen LogP contribution in [-0.4, -0.2) is 50.6 Å². The van der Waals surface area contributed by atoms with Gasteiger partial charge in [0.15, 0.2) is 16.3 Å². The molecule has 0 fully saturated rings. The van der Waals surface area contributed by atoms with E-state index in [-0.39, 0.29) is 22.9 Å². The lowest BCUT2D eigenvalue weighted by Crippen LogP contribution is -2.29. The van der Waals surface area contributed by atoms with Crippen LogP contribution < -0.4 is 11.2 Å². The number of nitrogens with zero attached hydrogens (tertiary/aromatic N) is 3. The number of nitrogens with one attached hydrogen (secondary N) is 1. The number of carbonyl (C=O) groups is 1. The summed E-state index contributed by atoms with van der Waals surface area (Å²) in [7, 11) is 1.53. The topological polar surface area (TPSA) is 108 Å².